The zero-order chi connectivity index (χ0) is 21.7. The highest BCUT2D eigenvalue weighted by atomic mass is 19.1. The Morgan fingerprint density at radius 1 is 1.10 bits per heavy atom. The van der Waals surface area contributed by atoms with E-state index in [0.717, 1.165) is 24.1 Å². The lowest BCUT2D eigenvalue weighted by molar-refractivity contribution is -0.146. The number of ketones is 1. The molecule has 1 heterocycles. The molecule has 3 aromatic rings. The first kappa shape index (κ1) is 21.4. The van der Waals surface area contributed by atoms with Crippen molar-refractivity contribution in [1.29, 1.82) is 0 Å². The van der Waals surface area contributed by atoms with E-state index in [0.29, 0.717) is 5.56 Å². The van der Waals surface area contributed by atoms with E-state index in [4.69, 9.17) is 9.15 Å². The Bertz CT molecular complexity index is 1020. The van der Waals surface area contributed by atoms with E-state index in [1.54, 1.807) is 12.1 Å². The molecule has 0 fully saturated rings. The van der Waals surface area contributed by atoms with Crippen molar-refractivity contribution < 1.29 is 27.5 Å². The Balaban J connectivity index is 1.55. The fourth-order valence-electron chi connectivity index (χ4n) is 2.93. The van der Waals surface area contributed by atoms with Crippen LogP contribution in [-0.4, -0.2) is 22.8 Å². The molecule has 0 amide bonds. The van der Waals surface area contributed by atoms with Crippen LogP contribution in [-0.2, 0) is 22.4 Å². The molecule has 0 spiro atoms. The maximum Gasteiger partial charge on any atom is 0.307 e. The van der Waals surface area contributed by atoms with Gasteiger partial charge in [-0.05, 0) is 31.0 Å². The second kappa shape index (κ2) is 9.43. The highest BCUT2D eigenvalue weighted by molar-refractivity contribution is 6.00. The van der Waals surface area contributed by atoms with Crippen LogP contribution in [0.4, 0.5) is 8.78 Å². The molecule has 3 rings (SSSR count). The Hall–Kier alpha value is -3.35. The van der Waals surface area contributed by atoms with Gasteiger partial charge in [0.25, 0.3) is 0 Å². The number of nitrogens with zero attached hydrogens (tertiary/aromatic N) is 1. The smallest absolute Gasteiger partial charge is 0.307 e. The molecular formula is C23H21F2NO4. The van der Waals surface area contributed by atoms with Gasteiger partial charge in [-0.2, -0.15) is 0 Å². The van der Waals surface area contributed by atoms with Gasteiger partial charge in [0.05, 0.1) is 18.2 Å². The first-order valence-corrected chi connectivity index (χ1v) is 9.60. The van der Waals surface area contributed by atoms with Crippen LogP contribution in [0, 0.1) is 11.6 Å². The molecule has 0 aliphatic rings. The van der Waals surface area contributed by atoms with Crippen LogP contribution in [0.2, 0.25) is 0 Å². The standard InChI is InChI=1S/C23H21F2NO4/c1-3-15-7-9-16(10-8-15)23(28)14(2)29-21(27)12-11-20-26-13-19(30-20)22-17(24)5-4-6-18(22)25/h4-10,13-14H,3,11-12H2,1-2H3. The largest absolute Gasteiger partial charge is 0.454 e. The summed E-state index contributed by atoms with van der Waals surface area (Å²) < 4.78 is 38.2. The number of rotatable bonds is 8. The van der Waals surface area contributed by atoms with Crippen LogP contribution >= 0.6 is 0 Å². The monoisotopic (exact) mass is 413 g/mol. The van der Waals surface area contributed by atoms with Gasteiger partial charge in [-0.25, -0.2) is 13.8 Å². The molecule has 5 nitrogen and oxygen atoms in total. The number of hydrogen-bond acceptors (Lipinski definition) is 5. The average molecular weight is 413 g/mol. The molecule has 1 atom stereocenters. The number of oxazole rings is 1. The molecule has 30 heavy (non-hydrogen) atoms. The first-order valence-electron chi connectivity index (χ1n) is 9.60. The minimum absolute atomic E-state index is 0.0620. The number of benzene rings is 2. The van der Waals surface area contributed by atoms with Crippen molar-refractivity contribution in [2.45, 2.75) is 39.2 Å². The van der Waals surface area contributed by atoms with Gasteiger partial charge in [-0.3, -0.25) is 9.59 Å². The predicted molar refractivity (Wildman–Crippen MR) is 106 cm³/mol. The third kappa shape index (κ3) is 4.97. The Kier molecular flexibility index (Phi) is 6.72. The van der Waals surface area contributed by atoms with Gasteiger partial charge in [0.1, 0.15) is 11.6 Å². The highest BCUT2D eigenvalue weighted by Gasteiger charge is 2.20. The molecule has 7 heteroatoms. The lowest BCUT2D eigenvalue weighted by Gasteiger charge is -2.12. The van der Waals surface area contributed by atoms with Gasteiger partial charge in [-0.15, -0.1) is 0 Å². The fraction of sp³-hybridized carbons (Fsp3) is 0.261. The number of aryl methyl sites for hydroxylation is 2. The van der Waals surface area contributed by atoms with Crippen LogP contribution in [0.15, 0.2) is 53.1 Å². The van der Waals surface area contributed by atoms with Crippen molar-refractivity contribution in [2.24, 2.45) is 0 Å². The number of hydrogen-bond donors (Lipinski definition) is 0. The van der Waals surface area contributed by atoms with E-state index < -0.39 is 23.7 Å². The Labute approximate surface area is 172 Å². The van der Waals surface area contributed by atoms with Crippen LogP contribution in [0.5, 0.6) is 0 Å². The van der Waals surface area contributed by atoms with E-state index in [1.165, 1.54) is 19.2 Å². The summed E-state index contributed by atoms with van der Waals surface area (Å²) in [5.74, 6) is -2.35. The van der Waals surface area contributed by atoms with Gasteiger partial charge < -0.3 is 9.15 Å². The van der Waals surface area contributed by atoms with Gasteiger partial charge in [0.15, 0.2) is 17.8 Å². The van der Waals surface area contributed by atoms with Crippen molar-refractivity contribution in [2.75, 3.05) is 0 Å². The number of ether oxygens (including phenoxy) is 1. The van der Waals surface area contributed by atoms with Gasteiger partial charge in [-0.1, -0.05) is 37.3 Å². The second-order valence-corrected chi connectivity index (χ2v) is 6.76. The predicted octanol–water partition coefficient (Wildman–Crippen LogP) is 4.93. The number of Topliss-reactive ketones (excluding diaryl/α,β-unsaturated/α-hetero) is 1. The lowest BCUT2D eigenvalue weighted by atomic mass is 10.0. The maximum atomic E-state index is 13.8. The summed E-state index contributed by atoms with van der Waals surface area (Å²) in [5, 5.41) is 0. The van der Waals surface area contributed by atoms with E-state index in [9.17, 15) is 18.4 Å². The fourth-order valence-corrected chi connectivity index (χ4v) is 2.93. The zero-order valence-corrected chi connectivity index (χ0v) is 16.7. The molecular weight excluding hydrogens is 392 g/mol. The number of esters is 1. The molecule has 0 saturated heterocycles. The molecule has 0 N–H and O–H groups in total. The van der Waals surface area contributed by atoms with E-state index in [-0.39, 0.29) is 35.8 Å². The SMILES string of the molecule is CCc1ccc(C(=O)C(C)OC(=O)CCc2ncc(-c3c(F)cccc3F)o2)cc1. The number of aromatic nitrogens is 1. The summed E-state index contributed by atoms with van der Waals surface area (Å²) in [6.07, 6.45) is 1.12. The average Bonchev–Trinajstić information content (AvgIpc) is 3.20. The minimum atomic E-state index is -0.933. The van der Waals surface area contributed by atoms with Gasteiger partial charge >= 0.3 is 5.97 Å². The minimum Gasteiger partial charge on any atom is -0.454 e. The van der Waals surface area contributed by atoms with E-state index >= 15 is 0 Å². The van der Waals surface area contributed by atoms with Crippen molar-refractivity contribution in [1.82, 2.24) is 4.98 Å². The first-order chi connectivity index (χ1) is 14.4. The number of carbonyl (C=O) groups excluding carboxylic acids is 2. The molecule has 1 unspecified atom stereocenters. The number of halogens is 2. The highest BCUT2D eigenvalue weighted by Crippen LogP contribution is 2.26. The molecule has 2 aromatic carbocycles. The van der Waals surface area contributed by atoms with Crippen molar-refractivity contribution >= 4 is 11.8 Å². The molecule has 0 bridgehead atoms. The van der Waals surface area contributed by atoms with Crippen molar-refractivity contribution in [3.8, 4) is 11.3 Å². The summed E-state index contributed by atoms with van der Waals surface area (Å²) in [5.41, 5.74) is 1.26. The second-order valence-electron chi connectivity index (χ2n) is 6.76. The molecule has 0 radical (unpaired) electrons. The van der Waals surface area contributed by atoms with Crippen LogP contribution in [0.25, 0.3) is 11.3 Å². The summed E-state index contributed by atoms with van der Waals surface area (Å²) in [4.78, 5) is 28.4. The summed E-state index contributed by atoms with van der Waals surface area (Å²) >= 11 is 0. The normalized spacial score (nSPS) is 11.9. The molecule has 1 aromatic heterocycles. The zero-order valence-electron chi connectivity index (χ0n) is 16.7. The molecule has 0 aliphatic heterocycles. The van der Waals surface area contributed by atoms with Crippen molar-refractivity contribution in [3.63, 3.8) is 0 Å². The molecule has 0 saturated carbocycles. The third-order valence-electron chi connectivity index (χ3n) is 4.63. The van der Waals surface area contributed by atoms with Crippen LogP contribution < -0.4 is 0 Å². The Morgan fingerprint density at radius 3 is 2.40 bits per heavy atom. The lowest BCUT2D eigenvalue weighted by Crippen LogP contribution is -2.24. The van der Waals surface area contributed by atoms with E-state index in [2.05, 4.69) is 4.98 Å². The third-order valence-corrected chi connectivity index (χ3v) is 4.63. The Morgan fingerprint density at radius 2 is 1.77 bits per heavy atom. The molecule has 156 valence electrons. The summed E-state index contributed by atoms with van der Waals surface area (Å²) in [6, 6.07) is 10.6. The van der Waals surface area contributed by atoms with Gasteiger partial charge in [0.2, 0.25) is 5.78 Å². The summed E-state index contributed by atoms with van der Waals surface area (Å²) in [6.45, 7) is 3.53. The van der Waals surface area contributed by atoms with Crippen LogP contribution in [0.3, 0.4) is 0 Å². The van der Waals surface area contributed by atoms with Gasteiger partial charge in [0, 0.05) is 12.0 Å². The molecule has 0 aliphatic carbocycles. The quantitative estimate of drug-likeness (QED) is 0.387. The van der Waals surface area contributed by atoms with E-state index in [1.807, 2.05) is 19.1 Å². The maximum absolute atomic E-state index is 13.8. The van der Waals surface area contributed by atoms with Crippen LogP contribution in [0.1, 0.15) is 42.1 Å². The van der Waals surface area contributed by atoms with Crippen molar-refractivity contribution in [3.05, 3.63) is 77.3 Å². The number of carbonyl (C=O) groups is 2. The summed E-state index contributed by atoms with van der Waals surface area (Å²) in [7, 11) is 0. The topological polar surface area (TPSA) is 69.4 Å².